The summed E-state index contributed by atoms with van der Waals surface area (Å²) in [5.41, 5.74) is 2.14. The van der Waals surface area contributed by atoms with E-state index in [2.05, 4.69) is 4.98 Å². The molecule has 2 aromatic heterocycles. The molecule has 0 fully saturated rings. The van der Waals surface area contributed by atoms with Gasteiger partial charge in [0.2, 0.25) is 0 Å². The first-order chi connectivity index (χ1) is 12.4. The molecule has 4 nitrogen and oxygen atoms in total. The molecule has 0 N–H and O–H groups in total. The summed E-state index contributed by atoms with van der Waals surface area (Å²) in [5, 5.41) is 1.25. The minimum absolute atomic E-state index is 0.0331. The highest BCUT2D eigenvalue weighted by atomic mass is 35.5. The van der Waals surface area contributed by atoms with Crippen LogP contribution in [-0.2, 0) is 16.1 Å². The number of esters is 1. The van der Waals surface area contributed by atoms with Gasteiger partial charge >= 0.3 is 5.97 Å². The molecule has 0 atom stereocenters. The van der Waals surface area contributed by atoms with Gasteiger partial charge in [0.1, 0.15) is 11.8 Å². The predicted octanol–water partition coefficient (Wildman–Crippen LogP) is 5.27. The van der Waals surface area contributed by atoms with E-state index in [1.807, 2.05) is 50.2 Å². The number of ketones is 1. The molecule has 26 heavy (non-hydrogen) atoms. The number of hydrogen-bond donors (Lipinski definition) is 0. The van der Waals surface area contributed by atoms with Gasteiger partial charge in [-0.3, -0.25) is 9.59 Å². The largest absolute Gasteiger partial charge is 0.461 e. The maximum Gasteiger partial charge on any atom is 0.306 e. The molecule has 0 saturated carbocycles. The number of aromatic nitrogens is 1. The van der Waals surface area contributed by atoms with Crippen molar-refractivity contribution in [3.05, 3.63) is 62.4 Å². The standard InChI is InChI=1S/C20H18ClNO3S/c1-12-9-16(13(2)26-12)18(23)7-8-19(24)25-11-15-10-14-5-3-4-6-17(14)22-20(15)21/h3-6,9-10H,7-8,11H2,1-2H3. The summed E-state index contributed by atoms with van der Waals surface area (Å²) in [4.78, 5) is 30.6. The van der Waals surface area contributed by atoms with Crippen LogP contribution in [0.1, 0.15) is 38.5 Å². The minimum atomic E-state index is -0.424. The fraction of sp³-hybridized carbons (Fsp3) is 0.250. The number of carbonyl (C=O) groups excluding carboxylic acids is 2. The molecule has 0 aliphatic carbocycles. The van der Waals surface area contributed by atoms with E-state index >= 15 is 0 Å². The number of Topliss-reactive ketones (excluding diaryl/α,β-unsaturated/α-hetero) is 1. The molecule has 3 aromatic rings. The Morgan fingerprint density at radius 1 is 1.15 bits per heavy atom. The van der Waals surface area contributed by atoms with E-state index in [1.165, 1.54) is 0 Å². The Hall–Kier alpha value is -2.24. The lowest BCUT2D eigenvalue weighted by Crippen LogP contribution is -2.09. The Bertz CT molecular complexity index is 980. The number of fused-ring (bicyclic) bond motifs is 1. The Morgan fingerprint density at radius 3 is 2.65 bits per heavy atom. The van der Waals surface area contributed by atoms with Crippen molar-refractivity contribution < 1.29 is 14.3 Å². The van der Waals surface area contributed by atoms with Gasteiger partial charge in [-0.2, -0.15) is 0 Å². The summed E-state index contributed by atoms with van der Waals surface area (Å²) in [7, 11) is 0. The highest BCUT2D eigenvalue weighted by Gasteiger charge is 2.15. The van der Waals surface area contributed by atoms with Crippen LogP contribution in [0, 0.1) is 13.8 Å². The molecule has 134 valence electrons. The van der Waals surface area contributed by atoms with E-state index in [-0.39, 0.29) is 25.2 Å². The fourth-order valence-electron chi connectivity index (χ4n) is 2.73. The zero-order valence-corrected chi connectivity index (χ0v) is 16.1. The van der Waals surface area contributed by atoms with Crippen molar-refractivity contribution >= 4 is 45.6 Å². The number of para-hydroxylation sites is 1. The van der Waals surface area contributed by atoms with Crippen LogP contribution in [0.2, 0.25) is 5.15 Å². The second-order valence-corrected chi connectivity index (χ2v) is 7.86. The molecule has 6 heteroatoms. The van der Waals surface area contributed by atoms with Crippen LogP contribution < -0.4 is 0 Å². The summed E-state index contributed by atoms with van der Waals surface area (Å²) < 4.78 is 5.27. The summed E-state index contributed by atoms with van der Waals surface area (Å²) in [6, 6.07) is 11.3. The number of aryl methyl sites for hydroxylation is 2. The van der Waals surface area contributed by atoms with Gasteiger partial charge in [0.05, 0.1) is 11.9 Å². The predicted molar refractivity (Wildman–Crippen MR) is 104 cm³/mol. The average Bonchev–Trinajstić information content (AvgIpc) is 2.96. The van der Waals surface area contributed by atoms with Gasteiger partial charge in [0, 0.05) is 32.7 Å². The lowest BCUT2D eigenvalue weighted by atomic mass is 10.1. The summed E-state index contributed by atoms with van der Waals surface area (Å²) in [6.07, 6.45) is 0.186. The van der Waals surface area contributed by atoms with Crippen LogP contribution in [0.5, 0.6) is 0 Å². The Balaban J connectivity index is 1.56. The van der Waals surface area contributed by atoms with Crippen molar-refractivity contribution in [2.45, 2.75) is 33.3 Å². The number of carbonyl (C=O) groups is 2. The number of hydrogen-bond acceptors (Lipinski definition) is 5. The van der Waals surface area contributed by atoms with Gasteiger partial charge in [-0.15, -0.1) is 11.3 Å². The number of pyridine rings is 1. The van der Waals surface area contributed by atoms with E-state index in [0.717, 1.165) is 20.7 Å². The quantitative estimate of drug-likeness (QED) is 0.328. The third kappa shape index (κ3) is 4.29. The Labute approximate surface area is 160 Å². The fourth-order valence-corrected chi connectivity index (χ4v) is 3.87. The maximum atomic E-state index is 12.2. The van der Waals surface area contributed by atoms with E-state index in [1.54, 1.807) is 11.3 Å². The summed E-state index contributed by atoms with van der Waals surface area (Å²) in [5.74, 6) is -0.457. The third-order valence-corrected chi connectivity index (χ3v) is 5.33. The van der Waals surface area contributed by atoms with Gasteiger partial charge in [0.15, 0.2) is 5.78 Å². The highest BCUT2D eigenvalue weighted by molar-refractivity contribution is 7.12. The number of benzene rings is 1. The van der Waals surface area contributed by atoms with Crippen molar-refractivity contribution in [2.24, 2.45) is 0 Å². The number of thiophene rings is 1. The molecule has 0 bridgehead atoms. The third-order valence-electron chi connectivity index (χ3n) is 4.04. The van der Waals surface area contributed by atoms with Gasteiger partial charge in [-0.05, 0) is 32.0 Å². The van der Waals surface area contributed by atoms with Crippen LogP contribution >= 0.6 is 22.9 Å². The molecule has 0 spiro atoms. The summed E-state index contributed by atoms with van der Waals surface area (Å²) >= 11 is 7.74. The molecule has 0 saturated heterocycles. The Kier molecular flexibility index (Phi) is 5.69. The molecule has 0 aliphatic heterocycles. The maximum absolute atomic E-state index is 12.2. The molecule has 3 rings (SSSR count). The molecular formula is C20H18ClNO3S. The first kappa shape index (κ1) is 18.5. The lowest BCUT2D eigenvalue weighted by molar-refractivity contribution is -0.144. The minimum Gasteiger partial charge on any atom is -0.461 e. The first-order valence-corrected chi connectivity index (χ1v) is 9.43. The SMILES string of the molecule is Cc1cc(C(=O)CCC(=O)OCc2cc3ccccc3nc2Cl)c(C)s1. The van der Waals surface area contributed by atoms with Crippen LogP contribution in [0.15, 0.2) is 36.4 Å². The monoisotopic (exact) mass is 387 g/mol. The zero-order chi connectivity index (χ0) is 18.7. The van der Waals surface area contributed by atoms with E-state index < -0.39 is 5.97 Å². The molecule has 2 heterocycles. The smallest absolute Gasteiger partial charge is 0.306 e. The van der Waals surface area contributed by atoms with Gasteiger partial charge < -0.3 is 4.74 Å². The van der Waals surface area contributed by atoms with E-state index in [9.17, 15) is 9.59 Å². The molecule has 0 unspecified atom stereocenters. The van der Waals surface area contributed by atoms with Gasteiger partial charge in [-0.1, -0.05) is 29.8 Å². The van der Waals surface area contributed by atoms with E-state index in [0.29, 0.717) is 16.3 Å². The van der Waals surface area contributed by atoms with Crippen molar-refractivity contribution in [1.82, 2.24) is 4.98 Å². The number of ether oxygens (including phenoxy) is 1. The van der Waals surface area contributed by atoms with Crippen molar-refractivity contribution in [3.63, 3.8) is 0 Å². The molecule has 0 aliphatic rings. The van der Waals surface area contributed by atoms with Crippen molar-refractivity contribution in [2.75, 3.05) is 0 Å². The number of nitrogens with zero attached hydrogens (tertiary/aromatic N) is 1. The Morgan fingerprint density at radius 2 is 1.92 bits per heavy atom. The summed E-state index contributed by atoms with van der Waals surface area (Å²) in [6.45, 7) is 3.92. The number of rotatable bonds is 6. The van der Waals surface area contributed by atoms with Crippen LogP contribution in [-0.4, -0.2) is 16.7 Å². The lowest BCUT2D eigenvalue weighted by Gasteiger charge is -2.08. The number of halogens is 1. The van der Waals surface area contributed by atoms with Crippen LogP contribution in [0.4, 0.5) is 0 Å². The van der Waals surface area contributed by atoms with Gasteiger partial charge in [0.25, 0.3) is 0 Å². The second kappa shape index (κ2) is 7.98. The molecule has 1 aromatic carbocycles. The topological polar surface area (TPSA) is 56.3 Å². The molecule has 0 amide bonds. The van der Waals surface area contributed by atoms with Crippen molar-refractivity contribution in [3.8, 4) is 0 Å². The highest BCUT2D eigenvalue weighted by Crippen LogP contribution is 2.23. The molecular weight excluding hydrogens is 370 g/mol. The zero-order valence-electron chi connectivity index (χ0n) is 14.5. The average molecular weight is 388 g/mol. The van der Waals surface area contributed by atoms with Crippen LogP contribution in [0.25, 0.3) is 10.9 Å². The normalized spacial score (nSPS) is 10.9. The second-order valence-electron chi connectivity index (χ2n) is 6.04. The van der Waals surface area contributed by atoms with Gasteiger partial charge in [-0.25, -0.2) is 4.98 Å². The molecule has 0 radical (unpaired) electrons. The van der Waals surface area contributed by atoms with Crippen molar-refractivity contribution in [1.29, 1.82) is 0 Å². The van der Waals surface area contributed by atoms with E-state index in [4.69, 9.17) is 16.3 Å². The first-order valence-electron chi connectivity index (χ1n) is 8.24. The van der Waals surface area contributed by atoms with Crippen LogP contribution in [0.3, 0.4) is 0 Å².